The van der Waals surface area contributed by atoms with Gasteiger partial charge in [-0.25, -0.2) is 4.98 Å². The van der Waals surface area contributed by atoms with Crippen LogP contribution in [0, 0.1) is 6.92 Å². The minimum Gasteiger partial charge on any atom is -0.378 e. The van der Waals surface area contributed by atoms with E-state index in [1.54, 1.807) is 0 Å². The van der Waals surface area contributed by atoms with Gasteiger partial charge in [0.1, 0.15) is 5.82 Å². The minimum absolute atomic E-state index is 0.239. The van der Waals surface area contributed by atoms with Crippen molar-refractivity contribution >= 4 is 11.5 Å². The molecular weight excluding hydrogens is 270 g/mol. The van der Waals surface area contributed by atoms with Gasteiger partial charge in [0.05, 0.1) is 6.04 Å². The van der Waals surface area contributed by atoms with Gasteiger partial charge in [-0.05, 0) is 55.2 Å². The zero-order chi connectivity index (χ0) is 15.9. The van der Waals surface area contributed by atoms with Gasteiger partial charge < -0.3 is 10.2 Å². The summed E-state index contributed by atoms with van der Waals surface area (Å²) in [7, 11) is 4.11. The monoisotopic (exact) mass is 295 g/mol. The standard InChI is InChI=1S/C19H25N3/c1-5-6-7-18(21-19-14-15(2)12-13-20-19)16-8-10-17(11-9-16)22(3)4/h5,8-14,18H,1,6-7H2,2-4H3,(H,20,21). The number of nitrogens with zero attached hydrogens (tertiary/aromatic N) is 2. The Morgan fingerprint density at radius 3 is 2.55 bits per heavy atom. The number of aryl methyl sites for hydroxylation is 1. The molecule has 1 N–H and O–H groups in total. The van der Waals surface area contributed by atoms with Crippen LogP contribution >= 0.6 is 0 Å². The third-order valence-corrected chi connectivity index (χ3v) is 3.71. The number of hydrogen-bond donors (Lipinski definition) is 1. The van der Waals surface area contributed by atoms with Crippen LogP contribution in [0.3, 0.4) is 0 Å². The largest absolute Gasteiger partial charge is 0.378 e. The maximum absolute atomic E-state index is 4.41. The van der Waals surface area contributed by atoms with E-state index in [4.69, 9.17) is 0 Å². The molecule has 3 nitrogen and oxygen atoms in total. The molecule has 116 valence electrons. The molecular formula is C19H25N3. The van der Waals surface area contributed by atoms with Gasteiger partial charge in [-0.1, -0.05) is 18.2 Å². The van der Waals surface area contributed by atoms with E-state index < -0.39 is 0 Å². The Morgan fingerprint density at radius 1 is 1.23 bits per heavy atom. The van der Waals surface area contributed by atoms with Crippen LogP contribution in [0.5, 0.6) is 0 Å². The molecule has 1 aromatic carbocycles. The molecule has 2 rings (SSSR count). The Labute approximate surface area is 133 Å². The third-order valence-electron chi connectivity index (χ3n) is 3.71. The average Bonchev–Trinajstić information content (AvgIpc) is 2.51. The van der Waals surface area contributed by atoms with Crippen LogP contribution in [0.25, 0.3) is 0 Å². The molecule has 0 saturated carbocycles. The summed E-state index contributed by atoms with van der Waals surface area (Å²) in [6.45, 7) is 5.92. The van der Waals surface area contributed by atoms with Gasteiger partial charge in [-0.3, -0.25) is 0 Å². The number of aromatic nitrogens is 1. The molecule has 0 bridgehead atoms. The van der Waals surface area contributed by atoms with Crippen LogP contribution < -0.4 is 10.2 Å². The second-order valence-corrected chi connectivity index (χ2v) is 5.77. The van der Waals surface area contributed by atoms with Crippen molar-refractivity contribution in [1.29, 1.82) is 0 Å². The summed E-state index contributed by atoms with van der Waals surface area (Å²) in [4.78, 5) is 6.52. The summed E-state index contributed by atoms with van der Waals surface area (Å²) in [5.41, 5.74) is 3.69. The smallest absolute Gasteiger partial charge is 0.126 e. The maximum atomic E-state index is 4.41. The Balaban J connectivity index is 2.19. The van der Waals surface area contributed by atoms with E-state index in [9.17, 15) is 0 Å². The summed E-state index contributed by atoms with van der Waals surface area (Å²) in [5.74, 6) is 0.922. The molecule has 0 aliphatic rings. The average molecular weight is 295 g/mol. The summed E-state index contributed by atoms with van der Waals surface area (Å²) in [6.07, 6.45) is 5.78. The number of nitrogens with one attached hydrogen (secondary N) is 1. The first-order valence-corrected chi connectivity index (χ1v) is 7.67. The highest BCUT2D eigenvalue weighted by atomic mass is 15.1. The minimum atomic E-state index is 0.239. The number of rotatable bonds is 7. The molecule has 2 aromatic rings. The van der Waals surface area contributed by atoms with E-state index >= 15 is 0 Å². The lowest BCUT2D eigenvalue weighted by Crippen LogP contribution is -2.13. The van der Waals surface area contributed by atoms with Crippen LogP contribution in [0.4, 0.5) is 11.5 Å². The highest BCUT2D eigenvalue weighted by Crippen LogP contribution is 2.25. The maximum Gasteiger partial charge on any atom is 0.126 e. The Morgan fingerprint density at radius 2 is 1.95 bits per heavy atom. The molecule has 0 aliphatic carbocycles. The van der Waals surface area contributed by atoms with Crippen molar-refractivity contribution < 1.29 is 0 Å². The zero-order valence-electron chi connectivity index (χ0n) is 13.7. The van der Waals surface area contributed by atoms with Crippen LogP contribution in [0.2, 0.25) is 0 Å². The van der Waals surface area contributed by atoms with E-state index in [1.165, 1.54) is 16.8 Å². The summed E-state index contributed by atoms with van der Waals surface area (Å²) in [6, 6.07) is 13.0. The van der Waals surface area contributed by atoms with Crippen molar-refractivity contribution in [3.05, 3.63) is 66.4 Å². The quantitative estimate of drug-likeness (QED) is 0.758. The molecule has 0 aliphatic heterocycles. The number of benzene rings is 1. The van der Waals surface area contributed by atoms with Gasteiger partial charge in [-0.2, -0.15) is 0 Å². The van der Waals surface area contributed by atoms with Crippen LogP contribution in [0.15, 0.2) is 55.3 Å². The lowest BCUT2D eigenvalue weighted by atomic mass is 10.0. The molecule has 3 heteroatoms. The lowest BCUT2D eigenvalue weighted by molar-refractivity contribution is 0.701. The Hall–Kier alpha value is -2.29. The van der Waals surface area contributed by atoms with E-state index in [0.717, 1.165) is 18.7 Å². The summed E-state index contributed by atoms with van der Waals surface area (Å²) >= 11 is 0. The van der Waals surface area contributed by atoms with Crippen LogP contribution in [-0.2, 0) is 0 Å². The SMILES string of the molecule is C=CCCC(Nc1cc(C)ccn1)c1ccc(N(C)C)cc1. The van der Waals surface area contributed by atoms with Gasteiger partial charge in [0, 0.05) is 26.0 Å². The molecule has 1 aromatic heterocycles. The summed E-state index contributed by atoms with van der Waals surface area (Å²) in [5, 5.41) is 3.55. The van der Waals surface area contributed by atoms with Gasteiger partial charge in [-0.15, -0.1) is 6.58 Å². The lowest BCUT2D eigenvalue weighted by Gasteiger charge is -2.21. The molecule has 1 atom stereocenters. The van der Waals surface area contributed by atoms with Crippen molar-refractivity contribution in [3.63, 3.8) is 0 Å². The number of anilines is 2. The fourth-order valence-corrected chi connectivity index (χ4v) is 2.41. The van der Waals surface area contributed by atoms with Gasteiger partial charge in [0.15, 0.2) is 0 Å². The normalized spacial score (nSPS) is 11.8. The second-order valence-electron chi connectivity index (χ2n) is 5.77. The molecule has 0 saturated heterocycles. The van der Waals surface area contributed by atoms with Gasteiger partial charge in [0.2, 0.25) is 0 Å². The second kappa shape index (κ2) is 7.64. The van der Waals surface area contributed by atoms with E-state index in [2.05, 4.69) is 73.1 Å². The van der Waals surface area contributed by atoms with Crippen LogP contribution in [0.1, 0.15) is 30.0 Å². The Bertz CT molecular complexity index is 602. The fourth-order valence-electron chi connectivity index (χ4n) is 2.41. The third kappa shape index (κ3) is 4.35. The molecule has 0 fully saturated rings. The van der Waals surface area contributed by atoms with Crippen molar-refractivity contribution in [1.82, 2.24) is 4.98 Å². The summed E-state index contributed by atoms with van der Waals surface area (Å²) < 4.78 is 0. The number of hydrogen-bond acceptors (Lipinski definition) is 3. The zero-order valence-corrected chi connectivity index (χ0v) is 13.7. The van der Waals surface area contributed by atoms with Crippen molar-refractivity contribution in [2.24, 2.45) is 0 Å². The highest BCUT2D eigenvalue weighted by Gasteiger charge is 2.11. The first-order chi connectivity index (χ1) is 10.6. The van der Waals surface area contributed by atoms with Gasteiger partial charge in [0.25, 0.3) is 0 Å². The Kier molecular flexibility index (Phi) is 5.59. The van der Waals surface area contributed by atoms with E-state index in [1.807, 2.05) is 18.3 Å². The molecule has 1 unspecified atom stereocenters. The van der Waals surface area contributed by atoms with Crippen LogP contribution in [-0.4, -0.2) is 19.1 Å². The van der Waals surface area contributed by atoms with Crippen molar-refractivity contribution in [2.75, 3.05) is 24.3 Å². The molecule has 1 heterocycles. The molecule has 22 heavy (non-hydrogen) atoms. The number of pyridine rings is 1. The highest BCUT2D eigenvalue weighted by molar-refractivity contribution is 5.48. The van der Waals surface area contributed by atoms with Crippen molar-refractivity contribution in [2.45, 2.75) is 25.8 Å². The predicted octanol–water partition coefficient (Wildman–Crippen LogP) is 4.58. The number of allylic oxidation sites excluding steroid dienone is 1. The fraction of sp³-hybridized carbons (Fsp3) is 0.316. The first-order valence-electron chi connectivity index (χ1n) is 7.67. The van der Waals surface area contributed by atoms with Gasteiger partial charge >= 0.3 is 0 Å². The van der Waals surface area contributed by atoms with E-state index in [0.29, 0.717) is 0 Å². The molecule has 0 spiro atoms. The van der Waals surface area contributed by atoms with E-state index in [-0.39, 0.29) is 6.04 Å². The van der Waals surface area contributed by atoms with Crippen molar-refractivity contribution in [3.8, 4) is 0 Å². The topological polar surface area (TPSA) is 28.2 Å². The molecule has 0 amide bonds. The first kappa shape index (κ1) is 16.1. The molecule has 0 radical (unpaired) electrons. The predicted molar refractivity (Wildman–Crippen MR) is 95.5 cm³/mol.